The summed E-state index contributed by atoms with van der Waals surface area (Å²) in [5.41, 5.74) is 6.33. The Bertz CT molecular complexity index is 727. The second kappa shape index (κ2) is 3.14. The van der Waals surface area contributed by atoms with E-state index < -0.39 is 0 Å². The van der Waals surface area contributed by atoms with Crippen LogP contribution in [0.15, 0.2) is 48.9 Å². The predicted octanol–water partition coefficient (Wildman–Crippen LogP) is 3.20. The van der Waals surface area contributed by atoms with Gasteiger partial charge in [-0.1, -0.05) is 12.1 Å². The van der Waals surface area contributed by atoms with Crippen LogP contribution >= 0.6 is 0 Å². The monoisotopic (exact) mass is 218 g/mol. The maximum Gasteiger partial charge on any atom is 0.0711 e. The fourth-order valence-electron chi connectivity index (χ4n) is 2.69. The molecule has 80 valence electrons. The van der Waals surface area contributed by atoms with Gasteiger partial charge >= 0.3 is 0 Å². The van der Waals surface area contributed by atoms with Crippen molar-refractivity contribution in [3.8, 4) is 11.1 Å². The quantitative estimate of drug-likeness (QED) is 0.453. The van der Waals surface area contributed by atoms with E-state index in [0.29, 0.717) is 0 Å². The van der Waals surface area contributed by atoms with Crippen LogP contribution in [0.2, 0.25) is 0 Å². The third-order valence-corrected chi connectivity index (χ3v) is 3.43. The molecule has 1 aromatic carbocycles. The minimum Gasteiger partial charge on any atom is -0.264 e. The standard InChI is InChI=1S/C15H10N2/c1-2-10-8-11-9-16-6-4-12(11)13-5-7-17-14(3-1)15(10)13/h1-7,9H,8H2. The summed E-state index contributed by atoms with van der Waals surface area (Å²) in [5, 5.41) is 1.30. The van der Waals surface area contributed by atoms with Crippen molar-refractivity contribution in [3.05, 3.63) is 60.0 Å². The van der Waals surface area contributed by atoms with Crippen LogP contribution in [0.3, 0.4) is 0 Å². The van der Waals surface area contributed by atoms with E-state index >= 15 is 0 Å². The molecule has 0 atom stereocenters. The molecule has 0 N–H and O–H groups in total. The van der Waals surface area contributed by atoms with E-state index in [-0.39, 0.29) is 0 Å². The molecule has 17 heavy (non-hydrogen) atoms. The molecule has 0 saturated heterocycles. The van der Waals surface area contributed by atoms with Crippen molar-refractivity contribution < 1.29 is 0 Å². The molecule has 0 saturated carbocycles. The lowest BCUT2D eigenvalue weighted by atomic mass is 9.86. The van der Waals surface area contributed by atoms with Gasteiger partial charge in [0.05, 0.1) is 5.52 Å². The van der Waals surface area contributed by atoms with Gasteiger partial charge in [-0.05, 0) is 40.5 Å². The summed E-state index contributed by atoms with van der Waals surface area (Å²) >= 11 is 0. The van der Waals surface area contributed by atoms with Gasteiger partial charge in [0.1, 0.15) is 0 Å². The van der Waals surface area contributed by atoms with Crippen LogP contribution in [0.5, 0.6) is 0 Å². The van der Waals surface area contributed by atoms with Gasteiger partial charge in [0.25, 0.3) is 0 Å². The molecule has 0 bridgehead atoms. The lowest BCUT2D eigenvalue weighted by molar-refractivity contribution is 1.14. The van der Waals surface area contributed by atoms with Crippen LogP contribution in [0.4, 0.5) is 0 Å². The summed E-state index contributed by atoms with van der Waals surface area (Å²) < 4.78 is 0. The molecule has 2 aromatic heterocycles. The number of benzene rings is 1. The third kappa shape index (κ3) is 1.15. The van der Waals surface area contributed by atoms with Gasteiger partial charge in [0.15, 0.2) is 0 Å². The maximum atomic E-state index is 4.44. The molecule has 1 aliphatic rings. The number of hydrogen-bond donors (Lipinski definition) is 0. The Labute approximate surface area is 99.0 Å². The minimum atomic E-state index is 0.958. The molecule has 2 nitrogen and oxygen atoms in total. The first-order valence-electron chi connectivity index (χ1n) is 5.73. The summed E-state index contributed by atoms with van der Waals surface area (Å²) in [6.45, 7) is 0. The van der Waals surface area contributed by atoms with Crippen LogP contribution in [0.1, 0.15) is 11.1 Å². The molecule has 0 spiro atoms. The minimum absolute atomic E-state index is 0.958. The lowest BCUT2D eigenvalue weighted by Gasteiger charge is -2.19. The zero-order valence-corrected chi connectivity index (χ0v) is 9.22. The highest BCUT2D eigenvalue weighted by atomic mass is 14.7. The Morgan fingerprint density at radius 2 is 1.82 bits per heavy atom. The number of hydrogen-bond acceptors (Lipinski definition) is 2. The molecule has 0 radical (unpaired) electrons. The molecular weight excluding hydrogens is 208 g/mol. The molecule has 3 aromatic rings. The van der Waals surface area contributed by atoms with E-state index in [9.17, 15) is 0 Å². The molecule has 0 unspecified atom stereocenters. The fourth-order valence-corrected chi connectivity index (χ4v) is 2.69. The molecule has 2 heteroatoms. The number of fused-ring (bicyclic) bond motifs is 2. The van der Waals surface area contributed by atoms with Gasteiger partial charge in [-0.15, -0.1) is 0 Å². The smallest absolute Gasteiger partial charge is 0.0711 e. The van der Waals surface area contributed by atoms with Crippen LogP contribution < -0.4 is 0 Å². The van der Waals surface area contributed by atoms with E-state index in [2.05, 4.69) is 40.3 Å². The first kappa shape index (κ1) is 8.88. The number of pyridine rings is 2. The second-order valence-corrected chi connectivity index (χ2v) is 4.38. The Morgan fingerprint density at radius 1 is 0.882 bits per heavy atom. The van der Waals surface area contributed by atoms with Gasteiger partial charge < -0.3 is 0 Å². The number of nitrogens with zero attached hydrogens (tertiary/aromatic N) is 2. The Hall–Kier alpha value is -2.22. The average molecular weight is 218 g/mol. The van der Waals surface area contributed by atoms with Crippen molar-refractivity contribution >= 4 is 10.9 Å². The summed E-state index contributed by atoms with van der Waals surface area (Å²) in [4.78, 5) is 8.66. The zero-order valence-electron chi connectivity index (χ0n) is 9.22. The van der Waals surface area contributed by atoms with E-state index in [0.717, 1.165) is 11.9 Å². The van der Waals surface area contributed by atoms with Gasteiger partial charge in [-0.3, -0.25) is 9.97 Å². The molecule has 2 heterocycles. The highest BCUT2D eigenvalue weighted by Gasteiger charge is 2.17. The molecule has 0 amide bonds. The topological polar surface area (TPSA) is 25.8 Å². The van der Waals surface area contributed by atoms with Crippen molar-refractivity contribution in [2.75, 3.05) is 0 Å². The summed E-state index contributed by atoms with van der Waals surface area (Å²) in [6, 6.07) is 10.5. The maximum absolute atomic E-state index is 4.44. The van der Waals surface area contributed by atoms with Crippen molar-refractivity contribution in [1.82, 2.24) is 9.97 Å². The van der Waals surface area contributed by atoms with Gasteiger partial charge in [0, 0.05) is 30.4 Å². The van der Waals surface area contributed by atoms with Crippen molar-refractivity contribution in [1.29, 1.82) is 0 Å². The Morgan fingerprint density at radius 3 is 2.82 bits per heavy atom. The van der Waals surface area contributed by atoms with Crippen molar-refractivity contribution in [3.63, 3.8) is 0 Å². The van der Waals surface area contributed by atoms with Crippen LogP contribution in [0, 0.1) is 0 Å². The van der Waals surface area contributed by atoms with Crippen molar-refractivity contribution in [2.45, 2.75) is 6.42 Å². The summed E-state index contributed by atoms with van der Waals surface area (Å²) in [6.07, 6.45) is 6.67. The van der Waals surface area contributed by atoms with Crippen LogP contribution in [-0.4, -0.2) is 9.97 Å². The number of aromatic nitrogens is 2. The second-order valence-electron chi connectivity index (χ2n) is 4.38. The SMILES string of the molecule is c1cc2c3c(ccnc3c1)-c1ccncc1C2. The highest BCUT2D eigenvalue weighted by molar-refractivity contribution is 5.99. The van der Waals surface area contributed by atoms with Crippen molar-refractivity contribution in [2.24, 2.45) is 0 Å². The van der Waals surface area contributed by atoms with Gasteiger partial charge in [0.2, 0.25) is 0 Å². The van der Waals surface area contributed by atoms with Crippen LogP contribution in [0.25, 0.3) is 22.0 Å². The van der Waals surface area contributed by atoms with E-state index in [1.54, 1.807) is 0 Å². The summed E-state index contributed by atoms with van der Waals surface area (Å²) in [5.74, 6) is 0. The molecular formula is C15H10N2. The first-order valence-corrected chi connectivity index (χ1v) is 5.73. The Balaban J connectivity index is 2.22. The summed E-state index contributed by atoms with van der Waals surface area (Å²) in [7, 11) is 0. The molecule has 1 aliphatic carbocycles. The lowest BCUT2D eigenvalue weighted by Crippen LogP contribution is -2.02. The normalized spacial score (nSPS) is 12.5. The highest BCUT2D eigenvalue weighted by Crippen LogP contribution is 2.37. The molecule has 4 rings (SSSR count). The Kier molecular flexibility index (Phi) is 1.64. The third-order valence-electron chi connectivity index (χ3n) is 3.43. The number of rotatable bonds is 0. The van der Waals surface area contributed by atoms with E-state index in [4.69, 9.17) is 0 Å². The predicted molar refractivity (Wildman–Crippen MR) is 67.8 cm³/mol. The molecule has 0 fully saturated rings. The average Bonchev–Trinajstić information content (AvgIpc) is 2.39. The molecule has 0 aliphatic heterocycles. The van der Waals surface area contributed by atoms with Gasteiger partial charge in [-0.2, -0.15) is 0 Å². The largest absolute Gasteiger partial charge is 0.264 e. The van der Waals surface area contributed by atoms with Crippen LogP contribution in [-0.2, 0) is 6.42 Å². The fraction of sp³-hybridized carbons (Fsp3) is 0.0667. The first-order chi connectivity index (χ1) is 8.43. The van der Waals surface area contributed by atoms with E-state index in [1.807, 2.05) is 18.6 Å². The van der Waals surface area contributed by atoms with E-state index in [1.165, 1.54) is 27.6 Å². The zero-order chi connectivity index (χ0) is 11.2. The van der Waals surface area contributed by atoms with Gasteiger partial charge in [-0.25, -0.2) is 0 Å².